The third kappa shape index (κ3) is 4.92. The van der Waals surface area contributed by atoms with Crippen LogP contribution in [0.15, 0.2) is 95.6 Å². The van der Waals surface area contributed by atoms with Crippen LogP contribution in [0.25, 0.3) is 33.9 Å². The molecule has 0 aliphatic carbocycles. The van der Waals surface area contributed by atoms with Crippen LogP contribution in [-0.4, -0.2) is 33.1 Å². The molecule has 0 bridgehead atoms. The number of H-pyrrole nitrogens is 1. The molecular formula is C29H22BrN3O3. The molecule has 0 amide bonds. The van der Waals surface area contributed by atoms with E-state index in [2.05, 4.69) is 20.9 Å². The lowest BCUT2D eigenvalue weighted by Crippen LogP contribution is -2.13. The smallest absolute Gasteiger partial charge is 0.331 e. The number of benzene rings is 3. The van der Waals surface area contributed by atoms with Crippen molar-refractivity contribution in [2.45, 2.75) is 6.92 Å². The van der Waals surface area contributed by atoms with Gasteiger partial charge < -0.3 is 9.72 Å². The second-order valence-corrected chi connectivity index (χ2v) is 9.17. The number of aryl methyl sites for hydroxylation is 1. The molecule has 0 radical (unpaired) electrons. The van der Waals surface area contributed by atoms with Crippen molar-refractivity contribution in [3.05, 3.63) is 112 Å². The third-order valence-electron chi connectivity index (χ3n) is 5.80. The van der Waals surface area contributed by atoms with E-state index < -0.39 is 5.97 Å². The summed E-state index contributed by atoms with van der Waals surface area (Å²) in [7, 11) is 0. The van der Waals surface area contributed by atoms with E-state index in [0.29, 0.717) is 5.56 Å². The highest BCUT2D eigenvalue weighted by Gasteiger charge is 2.17. The van der Waals surface area contributed by atoms with Crippen LogP contribution in [0.3, 0.4) is 0 Å². The number of esters is 1. The van der Waals surface area contributed by atoms with Crippen LogP contribution in [0.1, 0.15) is 21.6 Å². The summed E-state index contributed by atoms with van der Waals surface area (Å²) in [5, 5.41) is 5.56. The summed E-state index contributed by atoms with van der Waals surface area (Å²) < 4.78 is 8.02. The molecule has 0 unspecified atom stereocenters. The highest BCUT2D eigenvalue weighted by atomic mass is 79.9. The fraction of sp³-hybridized carbons (Fsp3) is 0.0690. The number of rotatable bonds is 7. The quantitative estimate of drug-likeness (QED) is 0.145. The number of nitrogens with one attached hydrogen (secondary N) is 1. The summed E-state index contributed by atoms with van der Waals surface area (Å²) in [6, 6.07) is 25.1. The molecule has 0 saturated carbocycles. The normalized spacial score (nSPS) is 11.3. The number of ketones is 1. The molecule has 7 heteroatoms. The van der Waals surface area contributed by atoms with Crippen LogP contribution in [0.5, 0.6) is 0 Å². The first-order valence-corrected chi connectivity index (χ1v) is 12.2. The molecule has 6 nitrogen and oxygen atoms in total. The Balaban J connectivity index is 1.35. The van der Waals surface area contributed by atoms with Gasteiger partial charge in [-0.25, -0.2) is 9.48 Å². The van der Waals surface area contributed by atoms with Crippen molar-refractivity contribution in [1.29, 1.82) is 0 Å². The Labute approximate surface area is 216 Å². The maximum atomic E-state index is 12.8. The number of ether oxygens (including phenoxy) is 1. The average molecular weight is 540 g/mol. The number of nitrogens with zero attached hydrogens (tertiary/aromatic N) is 2. The van der Waals surface area contributed by atoms with Crippen LogP contribution in [0.4, 0.5) is 0 Å². The molecule has 1 N–H and O–H groups in total. The van der Waals surface area contributed by atoms with Gasteiger partial charge in [-0.1, -0.05) is 64.5 Å². The van der Waals surface area contributed by atoms with E-state index in [4.69, 9.17) is 9.84 Å². The second kappa shape index (κ2) is 10.2. The summed E-state index contributed by atoms with van der Waals surface area (Å²) in [6.45, 7) is 1.50. The zero-order valence-corrected chi connectivity index (χ0v) is 21.0. The predicted octanol–water partition coefficient (Wildman–Crippen LogP) is 6.53. The first-order valence-electron chi connectivity index (χ1n) is 11.4. The van der Waals surface area contributed by atoms with Gasteiger partial charge in [0.25, 0.3) is 0 Å². The number of para-hydroxylation sites is 2. The molecule has 5 aromatic rings. The maximum Gasteiger partial charge on any atom is 0.331 e. The summed E-state index contributed by atoms with van der Waals surface area (Å²) in [4.78, 5) is 28.5. The lowest BCUT2D eigenvalue weighted by atomic mass is 10.1. The molecule has 0 saturated heterocycles. The molecule has 178 valence electrons. The van der Waals surface area contributed by atoms with Crippen molar-refractivity contribution in [1.82, 2.24) is 14.8 Å². The molecule has 0 aliphatic rings. The first kappa shape index (κ1) is 23.5. The minimum atomic E-state index is -0.602. The van der Waals surface area contributed by atoms with Crippen molar-refractivity contribution < 1.29 is 14.3 Å². The minimum Gasteiger partial charge on any atom is -0.454 e. The Hall–Kier alpha value is -4.23. The van der Waals surface area contributed by atoms with Crippen molar-refractivity contribution in [3.8, 4) is 16.9 Å². The summed E-state index contributed by atoms with van der Waals surface area (Å²) in [5.74, 6) is -0.853. The molecule has 0 aliphatic heterocycles. The number of aromatic nitrogens is 3. The van der Waals surface area contributed by atoms with E-state index in [1.54, 1.807) is 10.8 Å². The molecule has 3 aromatic carbocycles. The van der Waals surface area contributed by atoms with E-state index >= 15 is 0 Å². The Morgan fingerprint density at radius 3 is 2.50 bits per heavy atom. The Morgan fingerprint density at radius 2 is 1.72 bits per heavy atom. The van der Waals surface area contributed by atoms with Crippen molar-refractivity contribution in [3.63, 3.8) is 0 Å². The van der Waals surface area contributed by atoms with Gasteiger partial charge in [0, 0.05) is 50.0 Å². The minimum absolute atomic E-state index is 0.251. The largest absolute Gasteiger partial charge is 0.454 e. The fourth-order valence-corrected chi connectivity index (χ4v) is 4.37. The van der Waals surface area contributed by atoms with Crippen molar-refractivity contribution in [2.24, 2.45) is 0 Å². The van der Waals surface area contributed by atoms with E-state index in [0.717, 1.165) is 43.6 Å². The first-order chi connectivity index (χ1) is 17.5. The number of halogens is 1. The van der Waals surface area contributed by atoms with Gasteiger partial charge >= 0.3 is 5.97 Å². The summed E-state index contributed by atoms with van der Waals surface area (Å²) in [6.07, 6.45) is 4.84. The molecule has 5 rings (SSSR count). The molecule has 0 spiro atoms. The zero-order chi connectivity index (χ0) is 25.1. The molecule has 36 heavy (non-hydrogen) atoms. The SMILES string of the molecule is Cc1[nH]c2ccccc2c1C(=O)COC(=O)/C=C/c1cn(-c2ccccc2)nc1-c1ccc(Br)cc1. The van der Waals surface area contributed by atoms with Gasteiger partial charge in [0.2, 0.25) is 5.78 Å². The van der Waals surface area contributed by atoms with Gasteiger partial charge in [-0.05, 0) is 43.3 Å². The van der Waals surface area contributed by atoms with Gasteiger partial charge in [-0.2, -0.15) is 5.10 Å². The highest BCUT2D eigenvalue weighted by Crippen LogP contribution is 2.26. The predicted molar refractivity (Wildman–Crippen MR) is 144 cm³/mol. The van der Waals surface area contributed by atoms with Crippen LogP contribution >= 0.6 is 15.9 Å². The van der Waals surface area contributed by atoms with Crippen LogP contribution in [-0.2, 0) is 9.53 Å². The van der Waals surface area contributed by atoms with E-state index in [1.807, 2.05) is 92.0 Å². The molecule has 0 fully saturated rings. The fourth-order valence-electron chi connectivity index (χ4n) is 4.11. The Bertz CT molecular complexity index is 1580. The van der Waals surface area contributed by atoms with Gasteiger partial charge in [0.05, 0.1) is 11.4 Å². The molecule has 2 aromatic heterocycles. The topological polar surface area (TPSA) is 77.0 Å². The van der Waals surface area contributed by atoms with Crippen molar-refractivity contribution in [2.75, 3.05) is 6.61 Å². The molecular weight excluding hydrogens is 518 g/mol. The number of hydrogen-bond acceptors (Lipinski definition) is 4. The van der Waals surface area contributed by atoms with Gasteiger partial charge in [0.15, 0.2) is 6.61 Å². The van der Waals surface area contributed by atoms with Crippen LogP contribution < -0.4 is 0 Å². The number of Topliss-reactive ketones (excluding diaryl/α,β-unsaturated/α-hetero) is 1. The molecule has 2 heterocycles. The van der Waals surface area contributed by atoms with E-state index in [9.17, 15) is 9.59 Å². The van der Waals surface area contributed by atoms with Gasteiger partial charge in [-0.3, -0.25) is 4.79 Å². The summed E-state index contributed by atoms with van der Waals surface area (Å²) >= 11 is 3.46. The Morgan fingerprint density at radius 1 is 1.00 bits per heavy atom. The molecule has 0 atom stereocenters. The van der Waals surface area contributed by atoms with Crippen molar-refractivity contribution >= 4 is 44.7 Å². The number of aromatic amines is 1. The second-order valence-electron chi connectivity index (χ2n) is 8.25. The lowest BCUT2D eigenvalue weighted by Gasteiger charge is -2.03. The third-order valence-corrected chi connectivity index (χ3v) is 6.33. The number of fused-ring (bicyclic) bond motifs is 1. The number of hydrogen-bond donors (Lipinski definition) is 1. The maximum absolute atomic E-state index is 12.8. The van der Waals surface area contributed by atoms with Crippen LogP contribution in [0.2, 0.25) is 0 Å². The standard InChI is InChI=1S/C29H22BrN3O3/c1-19-28(24-9-5-6-10-25(24)31-19)26(34)18-36-27(35)16-13-21-17-33(23-7-3-2-4-8-23)32-29(21)20-11-14-22(30)15-12-20/h2-17,31H,18H2,1H3/b16-13+. The Kier molecular flexibility index (Phi) is 6.64. The van der Waals surface area contributed by atoms with Gasteiger partial charge in [-0.15, -0.1) is 0 Å². The van der Waals surface area contributed by atoms with E-state index in [1.165, 1.54) is 6.08 Å². The lowest BCUT2D eigenvalue weighted by molar-refractivity contribution is -0.136. The van der Waals surface area contributed by atoms with Crippen LogP contribution in [0, 0.1) is 6.92 Å². The zero-order valence-electron chi connectivity index (χ0n) is 19.4. The average Bonchev–Trinajstić information content (AvgIpc) is 3.47. The number of carbonyl (C=O) groups excluding carboxylic acids is 2. The monoisotopic (exact) mass is 539 g/mol. The van der Waals surface area contributed by atoms with Gasteiger partial charge in [0.1, 0.15) is 0 Å². The van der Waals surface area contributed by atoms with E-state index in [-0.39, 0.29) is 12.4 Å². The highest BCUT2D eigenvalue weighted by molar-refractivity contribution is 9.10. The summed E-state index contributed by atoms with van der Waals surface area (Å²) in [5.41, 5.74) is 5.45. The number of carbonyl (C=O) groups is 2.